The molecule has 1 atom stereocenters. The standard InChI is InChI=1S/C17H18FN3O2S2/c1-10-7-13-15(25-10)16(23)21(2)17(20-13)24-9-14(22)19-8-11-3-5-12(18)6-4-11/h3-6,10H,7-9H2,1-2H3,(H,19,22). The number of fused-ring (bicyclic) bond motifs is 1. The van der Waals surface area contributed by atoms with Crippen LogP contribution >= 0.6 is 23.5 Å². The van der Waals surface area contributed by atoms with Gasteiger partial charge in [-0.3, -0.25) is 14.2 Å². The quantitative estimate of drug-likeness (QED) is 0.638. The smallest absolute Gasteiger partial charge is 0.267 e. The van der Waals surface area contributed by atoms with Crippen molar-refractivity contribution in [2.75, 3.05) is 5.75 Å². The zero-order chi connectivity index (χ0) is 18.0. The second-order valence-electron chi connectivity index (χ2n) is 5.86. The number of benzene rings is 1. The summed E-state index contributed by atoms with van der Waals surface area (Å²) in [5, 5.41) is 3.69. The molecule has 1 unspecified atom stereocenters. The molecule has 1 aliphatic heterocycles. The van der Waals surface area contributed by atoms with E-state index in [0.29, 0.717) is 17.0 Å². The van der Waals surface area contributed by atoms with E-state index in [-0.39, 0.29) is 23.0 Å². The third-order valence-corrected chi connectivity index (χ3v) is 6.06. The van der Waals surface area contributed by atoms with Crippen molar-refractivity contribution < 1.29 is 9.18 Å². The first-order valence-corrected chi connectivity index (χ1v) is 9.71. The van der Waals surface area contributed by atoms with Gasteiger partial charge in [0.1, 0.15) is 5.82 Å². The topological polar surface area (TPSA) is 64.0 Å². The van der Waals surface area contributed by atoms with Crippen LogP contribution in [0.25, 0.3) is 0 Å². The Morgan fingerprint density at radius 1 is 1.44 bits per heavy atom. The average molecular weight is 379 g/mol. The highest BCUT2D eigenvalue weighted by atomic mass is 32.2. The lowest BCUT2D eigenvalue weighted by atomic mass is 10.2. The predicted molar refractivity (Wildman–Crippen MR) is 97.5 cm³/mol. The van der Waals surface area contributed by atoms with Gasteiger partial charge in [-0.25, -0.2) is 9.37 Å². The molecule has 132 valence electrons. The first-order valence-electron chi connectivity index (χ1n) is 7.84. The number of rotatable bonds is 5. The molecule has 0 aliphatic carbocycles. The minimum Gasteiger partial charge on any atom is -0.351 e. The van der Waals surface area contributed by atoms with Crippen LogP contribution in [0.15, 0.2) is 39.1 Å². The van der Waals surface area contributed by atoms with E-state index in [1.54, 1.807) is 30.9 Å². The van der Waals surface area contributed by atoms with Crippen LogP contribution in [0.3, 0.4) is 0 Å². The Morgan fingerprint density at radius 3 is 2.88 bits per heavy atom. The lowest BCUT2D eigenvalue weighted by molar-refractivity contribution is -0.118. The highest BCUT2D eigenvalue weighted by molar-refractivity contribution is 8.00. The van der Waals surface area contributed by atoms with E-state index >= 15 is 0 Å². The largest absolute Gasteiger partial charge is 0.351 e. The lowest BCUT2D eigenvalue weighted by Crippen LogP contribution is -2.26. The molecular weight excluding hydrogens is 361 g/mol. The molecule has 2 aromatic rings. The van der Waals surface area contributed by atoms with Crippen LogP contribution < -0.4 is 10.9 Å². The van der Waals surface area contributed by atoms with Crippen LogP contribution in [-0.4, -0.2) is 26.5 Å². The Labute approximate surface area is 153 Å². The van der Waals surface area contributed by atoms with Crippen LogP contribution in [0.5, 0.6) is 0 Å². The Hall–Kier alpha value is -1.80. The van der Waals surface area contributed by atoms with Gasteiger partial charge in [-0.1, -0.05) is 30.8 Å². The maximum Gasteiger partial charge on any atom is 0.267 e. The minimum atomic E-state index is -0.304. The van der Waals surface area contributed by atoms with Crippen molar-refractivity contribution in [3.63, 3.8) is 0 Å². The van der Waals surface area contributed by atoms with Crippen LogP contribution in [0.4, 0.5) is 4.39 Å². The molecule has 2 heterocycles. The van der Waals surface area contributed by atoms with E-state index in [1.807, 2.05) is 0 Å². The third-order valence-electron chi connectivity index (χ3n) is 3.81. The minimum absolute atomic E-state index is 0.0476. The summed E-state index contributed by atoms with van der Waals surface area (Å²) < 4.78 is 14.4. The number of hydrogen-bond donors (Lipinski definition) is 1. The Morgan fingerprint density at radius 2 is 2.16 bits per heavy atom. The molecule has 0 fully saturated rings. The number of halogens is 1. The number of carbonyl (C=O) groups is 1. The van der Waals surface area contributed by atoms with Crippen molar-refractivity contribution in [3.8, 4) is 0 Å². The molecule has 8 heteroatoms. The maximum absolute atomic E-state index is 12.9. The van der Waals surface area contributed by atoms with Crippen molar-refractivity contribution in [1.29, 1.82) is 0 Å². The lowest BCUT2D eigenvalue weighted by Gasteiger charge is -2.09. The molecule has 5 nitrogen and oxygen atoms in total. The van der Waals surface area contributed by atoms with Crippen LogP contribution in [0, 0.1) is 5.82 Å². The summed E-state index contributed by atoms with van der Waals surface area (Å²) in [6.07, 6.45) is 0.778. The van der Waals surface area contributed by atoms with Crippen molar-refractivity contribution >= 4 is 29.4 Å². The SMILES string of the molecule is CC1Cc2nc(SCC(=O)NCc3ccc(F)cc3)n(C)c(=O)c2S1. The molecule has 0 radical (unpaired) electrons. The van der Waals surface area contributed by atoms with Gasteiger partial charge in [0.25, 0.3) is 5.56 Å². The summed E-state index contributed by atoms with van der Waals surface area (Å²) in [4.78, 5) is 29.7. The van der Waals surface area contributed by atoms with Crippen LogP contribution in [-0.2, 0) is 24.8 Å². The van der Waals surface area contributed by atoms with E-state index in [2.05, 4.69) is 17.2 Å². The Bertz CT molecular complexity index is 852. The van der Waals surface area contributed by atoms with Gasteiger partial charge in [-0.05, 0) is 17.7 Å². The van der Waals surface area contributed by atoms with Crippen molar-refractivity contribution in [1.82, 2.24) is 14.9 Å². The van der Waals surface area contributed by atoms with Gasteiger partial charge in [-0.15, -0.1) is 11.8 Å². The summed E-state index contributed by atoms with van der Waals surface area (Å²) in [5.41, 5.74) is 1.61. The van der Waals surface area contributed by atoms with Crippen molar-refractivity contribution in [2.45, 2.75) is 35.2 Å². The fourth-order valence-electron chi connectivity index (χ4n) is 2.49. The van der Waals surface area contributed by atoms with Gasteiger partial charge >= 0.3 is 0 Å². The van der Waals surface area contributed by atoms with Gasteiger partial charge in [0.05, 0.1) is 16.3 Å². The summed E-state index contributed by atoms with van der Waals surface area (Å²) in [6, 6.07) is 5.99. The van der Waals surface area contributed by atoms with E-state index in [0.717, 1.165) is 22.6 Å². The molecule has 1 aliphatic rings. The Kier molecular flexibility index (Phi) is 5.48. The van der Waals surface area contributed by atoms with Gasteiger partial charge in [0.15, 0.2) is 5.16 Å². The second kappa shape index (κ2) is 7.61. The molecule has 25 heavy (non-hydrogen) atoms. The van der Waals surface area contributed by atoms with Crippen LogP contribution in [0.2, 0.25) is 0 Å². The number of thioether (sulfide) groups is 2. The van der Waals surface area contributed by atoms with Crippen molar-refractivity contribution in [3.05, 3.63) is 51.7 Å². The maximum atomic E-state index is 12.9. The zero-order valence-electron chi connectivity index (χ0n) is 13.9. The summed E-state index contributed by atoms with van der Waals surface area (Å²) >= 11 is 2.81. The third kappa shape index (κ3) is 4.24. The first-order chi connectivity index (χ1) is 11.9. The Balaban J connectivity index is 1.59. The molecule has 1 amide bonds. The zero-order valence-corrected chi connectivity index (χ0v) is 15.5. The fourth-order valence-corrected chi connectivity index (χ4v) is 4.45. The monoisotopic (exact) mass is 379 g/mol. The van der Waals surface area contributed by atoms with Gasteiger partial charge in [0.2, 0.25) is 5.91 Å². The molecule has 0 bridgehead atoms. The average Bonchev–Trinajstić information content (AvgIpc) is 2.97. The molecule has 1 aromatic carbocycles. The summed E-state index contributed by atoms with van der Waals surface area (Å²) in [6.45, 7) is 2.41. The first kappa shape index (κ1) is 18.0. The number of aromatic nitrogens is 2. The highest BCUT2D eigenvalue weighted by Crippen LogP contribution is 2.33. The van der Waals surface area contributed by atoms with E-state index < -0.39 is 0 Å². The molecule has 0 saturated heterocycles. The van der Waals surface area contributed by atoms with Gasteiger partial charge < -0.3 is 5.32 Å². The molecule has 0 spiro atoms. The second-order valence-corrected chi connectivity index (χ2v) is 8.25. The molecule has 1 aromatic heterocycles. The predicted octanol–water partition coefficient (Wildman–Crippen LogP) is 2.36. The molecular formula is C17H18FN3O2S2. The van der Waals surface area contributed by atoms with Gasteiger partial charge in [0, 0.05) is 25.3 Å². The number of hydrogen-bond acceptors (Lipinski definition) is 5. The van der Waals surface area contributed by atoms with E-state index in [1.165, 1.54) is 28.5 Å². The van der Waals surface area contributed by atoms with Crippen LogP contribution in [0.1, 0.15) is 18.2 Å². The normalized spacial score (nSPS) is 15.9. The van der Waals surface area contributed by atoms with Gasteiger partial charge in [-0.2, -0.15) is 0 Å². The number of nitrogens with one attached hydrogen (secondary N) is 1. The molecule has 3 rings (SSSR count). The summed E-state index contributed by atoms with van der Waals surface area (Å²) in [7, 11) is 1.68. The highest BCUT2D eigenvalue weighted by Gasteiger charge is 2.25. The fraction of sp³-hybridized carbons (Fsp3) is 0.353. The number of carbonyl (C=O) groups excluding carboxylic acids is 1. The number of nitrogens with zero attached hydrogens (tertiary/aromatic N) is 2. The van der Waals surface area contributed by atoms with Crippen molar-refractivity contribution in [2.24, 2.45) is 7.05 Å². The molecule has 0 saturated carbocycles. The van der Waals surface area contributed by atoms with E-state index in [4.69, 9.17) is 0 Å². The number of amides is 1. The summed E-state index contributed by atoms with van der Waals surface area (Å²) in [5.74, 6) is -0.295. The van der Waals surface area contributed by atoms with E-state index in [9.17, 15) is 14.0 Å². The molecule has 1 N–H and O–H groups in total.